The Morgan fingerprint density at radius 1 is 1.24 bits per heavy atom. The van der Waals surface area contributed by atoms with Gasteiger partial charge in [-0.2, -0.15) is 0 Å². The number of alkyl carbamates (subject to hydrolysis) is 1. The smallest absolute Gasteiger partial charge is 0.408 e. The van der Waals surface area contributed by atoms with Crippen molar-refractivity contribution in [2.24, 2.45) is 0 Å². The van der Waals surface area contributed by atoms with Crippen LogP contribution in [0.2, 0.25) is 0 Å². The predicted octanol–water partition coefficient (Wildman–Crippen LogP) is 2.49. The van der Waals surface area contributed by atoms with Gasteiger partial charge in [0.25, 0.3) is 0 Å². The molecule has 7 nitrogen and oxygen atoms in total. The number of carbonyl (C=O) groups is 2. The van der Waals surface area contributed by atoms with Crippen molar-refractivity contribution in [3.63, 3.8) is 0 Å². The molecule has 1 atom stereocenters. The fourth-order valence-electron chi connectivity index (χ4n) is 2.53. The molecule has 0 aliphatic heterocycles. The lowest BCUT2D eigenvalue weighted by Gasteiger charge is -2.14. The molecule has 3 N–H and O–H groups in total. The third kappa shape index (κ3) is 4.14. The average molecular weight is 339 g/mol. The molecule has 0 aliphatic rings. The third-order valence-corrected chi connectivity index (χ3v) is 3.80. The van der Waals surface area contributed by atoms with E-state index in [4.69, 9.17) is 4.74 Å². The number of nitrogens with one attached hydrogen (secondary N) is 2. The lowest BCUT2D eigenvalue weighted by atomic mass is 10.1. The van der Waals surface area contributed by atoms with E-state index in [1.54, 1.807) is 24.7 Å². The number of rotatable bonds is 6. The Morgan fingerprint density at radius 2 is 2.04 bits per heavy atom. The summed E-state index contributed by atoms with van der Waals surface area (Å²) in [6.07, 6.45) is 4.39. The largest absolute Gasteiger partial charge is 0.480 e. The highest BCUT2D eigenvalue weighted by molar-refractivity contribution is 5.85. The molecule has 0 saturated heterocycles. The van der Waals surface area contributed by atoms with Gasteiger partial charge in [-0.05, 0) is 17.2 Å². The van der Waals surface area contributed by atoms with E-state index in [-0.39, 0.29) is 13.0 Å². The van der Waals surface area contributed by atoms with Gasteiger partial charge in [-0.1, -0.05) is 30.3 Å². The summed E-state index contributed by atoms with van der Waals surface area (Å²) in [5.41, 5.74) is 2.43. The van der Waals surface area contributed by atoms with Gasteiger partial charge in [0.2, 0.25) is 0 Å². The number of carbonyl (C=O) groups excluding carboxylic acids is 1. The summed E-state index contributed by atoms with van der Waals surface area (Å²) in [6, 6.07) is 9.89. The zero-order valence-electron chi connectivity index (χ0n) is 13.3. The number of hydrogen-bond acceptors (Lipinski definition) is 4. The van der Waals surface area contributed by atoms with Gasteiger partial charge in [0.05, 0.1) is 11.7 Å². The second kappa shape index (κ2) is 7.48. The Bertz CT molecular complexity index is 876. The maximum atomic E-state index is 11.9. The molecule has 1 aromatic carbocycles. The van der Waals surface area contributed by atoms with Crippen LogP contribution in [0.4, 0.5) is 4.79 Å². The number of fused-ring (bicyclic) bond motifs is 1. The number of H-pyrrole nitrogens is 1. The second-order valence-electron chi connectivity index (χ2n) is 5.54. The van der Waals surface area contributed by atoms with E-state index in [1.165, 1.54) is 0 Å². The highest BCUT2D eigenvalue weighted by atomic mass is 16.5. The average Bonchev–Trinajstić information content (AvgIpc) is 3.03. The van der Waals surface area contributed by atoms with Crippen LogP contribution in [-0.4, -0.2) is 33.2 Å². The molecular weight excluding hydrogens is 322 g/mol. The van der Waals surface area contributed by atoms with Crippen molar-refractivity contribution in [2.75, 3.05) is 0 Å². The summed E-state index contributed by atoms with van der Waals surface area (Å²) in [5, 5.41) is 12.7. The van der Waals surface area contributed by atoms with Crippen molar-refractivity contribution in [1.82, 2.24) is 15.3 Å². The number of benzene rings is 1. The van der Waals surface area contributed by atoms with Crippen LogP contribution in [-0.2, 0) is 22.6 Å². The van der Waals surface area contributed by atoms with Crippen molar-refractivity contribution in [3.8, 4) is 0 Å². The van der Waals surface area contributed by atoms with Crippen molar-refractivity contribution >= 4 is 23.0 Å². The minimum Gasteiger partial charge on any atom is -0.480 e. The molecule has 0 bridgehead atoms. The van der Waals surface area contributed by atoms with Crippen LogP contribution in [0, 0.1) is 0 Å². The molecule has 3 aromatic rings. The van der Waals surface area contributed by atoms with Crippen LogP contribution < -0.4 is 5.32 Å². The number of pyridine rings is 1. The van der Waals surface area contributed by atoms with Crippen LogP contribution in [0.3, 0.4) is 0 Å². The minimum absolute atomic E-state index is 0.0811. The first kappa shape index (κ1) is 16.5. The lowest BCUT2D eigenvalue weighted by Crippen LogP contribution is -2.42. The Balaban J connectivity index is 1.63. The fourth-order valence-corrected chi connectivity index (χ4v) is 2.53. The standard InChI is InChI=1S/C18H17N3O4/c22-17(23)15(8-13-9-20-16-10-19-7-6-14(13)16)21-18(24)25-11-12-4-2-1-3-5-12/h1-7,9-10,15,20H,8,11H2,(H,21,24)(H,22,23). The van der Waals surface area contributed by atoms with Crippen molar-refractivity contribution in [3.05, 3.63) is 66.1 Å². The summed E-state index contributed by atoms with van der Waals surface area (Å²) < 4.78 is 5.08. The predicted molar refractivity (Wildman–Crippen MR) is 91.0 cm³/mol. The zero-order chi connectivity index (χ0) is 17.6. The maximum absolute atomic E-state index is 11.9. The number of aromatic amines is 1. The maximum Gasteiger partial charge on any atom is 0.408 e. The first-order valence-electron chi connectivity index (χ1n) is 7.73. The number of carboxylic acid groups (broad SMARTS) is 1. The molecule has 3 rings (SSSR count). The van der Waals surface area contributed by atoms with E-state index in [2.05, 4.69) is 15.3 Å². The number of carboxylic acids is 1. The van der Waals surface area contributed by atoms with E-state index in [0.717, 1.165) is 22.0 Å². The molecule has 1 amide bonds. The molecule has 0 fully saturated rings. The number of ether oxygens (including phenoxy) is 1. The molecule has 7 heteroatoms. The molecule has 0 aliphatic carbocycles. The molecule has 25 heavy (non-hydrogen) atoms. The Morgan fingerprint density at radius 3 is 2.80 bits per heavy atom. The van der Waals surface area contributed by atoms with Crippen LogP contribution in [0.1, 0.15) is 11.1 Å². The number of aromatic nitrogens is 2. The first-order valence-corrected chi connectivity index (χ1v) is 7.73. The zero-order valence-corrected chi connectivity index (χ0v) is 13.3. The van der Waals surface area contributed by atoms with Gasteiger partial charge in [0.1, 0.15) is 12.6 Å². The normalized spacial score (nSPS) is 11.8. The number of nitrogens with zero attached hydrogens (tertiary/aromatic N) is 1. The summed E-state index contributed by atoms with van der Waals surface area (Å²) in [5.74, 6) is -1.12. The Labute approximate surface area is 143 Å². The van der Waals surface area contributed by atoms with Crippen LogP contribution >= 0.6 is 0 Å². The van der Waals surface area contributed by atoms with E-state index in [9.17, 15) is 14.7 Å². The van der Waals surface area contributed by atoms with Gasteiger partial charge < -0.3 is 20.1 Å². The molecule has 2 aromatic heterocycles. The minimum atomic E-state index is -1.12. The molecule has 1 unspecified atom stereocenters. The highest BCUT2D eigenvalue weighted by Crippen LogP contribution is 2.18. The van der Waals surface area contributed by atoms with Crippen molar-refractivity contribution in [2.45, 2.75) is 19.1 Å². The monoisotopic (exact) mass is 339 g/mol. The fraction of sp³-hybridized carbons (Fsp3) is 0.167. The molecule has 0 saturated carbocycles. The Hall–Kier alpha value is -3.35. The number of amides is 1. The molecule has 2 heterocycles. The van der Waals surface area contributed by atoms with Crippen LogP contribution in [0.25, 0.3) is 10.9 Å². The van der Waals surface area contributed by atoms with Crippen molar-refractivity contribution < 1.29 is 19.4 Å². The second-order valence-corrected chi connectivity index (χ2v) is 5.54. The number of hydrogen-bond donors (Lipinski definition) is 3. The lowest BCUT2D eigenvalue weighted by molar-refractivity contribution is -0.139. The van der Waals surface area contributed by atoms with Gasteiger partial charge in [0.15, 0.2) is 0 Å². The summed E-state index contributed by atoms with van der Waals surface area (Å²) >= 11 is 0. The quantitative estimate of drug-likeness (QED) is 0.640. The third-order valence-electron chi connectivity index (χ3n) is 3.80. The highest BCUT2D eigenvalue weighted by Gasteiger charge is 2.22. The molecular formula is C18H17N3O4. The van der Waals surface area contributed by atoms with E-state index in [1.807, 2.05) is 30.3 Å². The van der Waals surface area contributed by atoms with Gasteiger partial charge in [0, 0.05) is 24.2 Å². The SMILES string of the molecule is O=C(NC(Cc1c[nH]c2cnccc12)C(=O)O)OCc1ccccc1. The van der Waals surface area contributed by atoms with Gasteiger partial charge >= 0.3 is 12.1 Å². The molecule has 0 spiro atoms. The summed E-state index contributed by atoms with van der Waals surface area (Å²) in [7, 11) is 0. The van der Waals surface area contributed by atoms with Crippen molar-refractivity contribution in [1.29, 1.82) is 0 Å². The van der Waals surface area contributed by atoms with E-state index < -0.39 is 18.1 Å². The topological polar surface area (TPSA) is 104 Å². The van der Waals surface area contributed by atoms with E-state index >= 15 is 0 Å². The number of aliphatic carboxylic acids is 1. The first-order chi connectivity index (χ1) is 12.1. The van der Waals surface area contributed by atoms with Gasteiger partial charge in [-0.3, -0.25) is 4.98 Å². The summed E-state index contributed by atoms with van der Waals surface area (Å²) in [4.78, 5) is 30.4. The van der Waals surface area contributed by atoms with Gasteiger partial charge in [-0.25, -0.2) is 9.59 Å². The summed E-state index contributed by atoms with van der Waals surface area (Å²) in [6.45, 7) is 0.0811. The molecule has 0 radical (unpaired) electrons. The molecule has 128 valence electrons. The van der Waals surface area contributed by atoms with Gasteiger partial charge in [-0.15, -0.1) is 0 Å². The van der Waals surface area contributed by atoms with E-state index in [0.29, 0.717) is 0 Å². The van der Waals surface area contributed by atoms with Crippen LogP contribution in [0.15, 0.2) is 55.0 Å². The Kier molecular flexibility index (Phi) is 4.94. The van der Waals surface area contributed by atoms with Crippen LogP contribution in [0.5, 0.6) is 0 Å².